The minimum absolute atomic E-state index is 0.851. The lowest BCUT2D eigenvalue weighted by molar-refractivity contribution is 0.669. The maximum absolute atomic E-state index is 7.14. The van der Waals surface area contributed by atoms with Gasteiger partial charge in [-0.05, 0) is 126 Å². The van der Waals surface area contributed by atoms with E-state index in [1.54, 1.807) is 0 Å². The second kappa shape index (κ2) is 17.6. The number of para-hydroxylation sites is 1. The molecule has 0 N–H and O–H groups in total. The monoisotopic (exact) mass is 930 g/mol. The van der Waals surface area contributed by atoms with Crippen LogP contribution in [0.1, 0.15) is 0 Å². The molecule has 0 aliphatic carbocycles. The zero-order valence-corrected chi connectivity index (χ0v) is 39.9. The summed E-state index contributed by atoms with van der Waals surface area (Å²) in [6.45, 7) is 0. The van der Waals surface area contributed by atoms with Gasteiger partial charge in [0.05, 0.1) is 17.1 Å². The summed E-state index contributed by atoms with van der Waals surface area (Å²) in [6.07, 6.45) is 0. The van der Waals surface area contributed by atoms with Gasteiger partial charge in [0.2, 0.25) is 0 Å². The highest BCUT2D eigenvalue weighted by Gasteiger charge is 2.26. The molecule has 0 radical (unpaired) electrons. The Bertz CT molecular complexity index is 4350. The first-order valence-corrected chi connectivity index (χ1v) is 25.0. The van der Waals surface area contributed by atoms with Crippen LogP contribution in [0.2, 0.25) is 0 Å². The van der Waals surface area contributed by atoms with Gasteiger partial charge in [-0.15, -0.1) is 0 Å². The highest BCUT2D eigenvalue weighted by Crippen LogP contribution is 2.50. The van der Waals surface area contributed by atoms with Crippen LogP contribution in [0.4, 0.5) is 34.1 Å². The minimum atomic E-state index is 0.851. The largest absolute Gasteiger partial charge is 0.454 e. The van der Waals surface area contributed by atoms with Crippen molar-refractivity contribution >= 4 is 99.2 Å². The molecule has 3 heteroatoms. The van der Waals surface area contributed by atoms with Crippen LogP contribution >= 0.6 is 0 Å². The zero-order chi connectivity index (χ0) is 48.2. The molecule has 0 saturated carbocycles. The van der Waals surface area contributed by atoms with Crippen molar-refractivity contribution in [2.45, 2.75) is 0 Å². The Morgan fingerprint density at radius 3 is 1.22 bits per heavy atom. The van der Waals surface area contributed by atoms with Gasteiger partial charge < -0.3 is 14.2 Å². The molecule has 0 spiro atoms. The lowest BCUT2D eigenvalue weighted by atomic mass is 9.91. The molecule has 0 bridgehead atoms. The number of nitrogens with zero attached hydrogens (tertiary/aromatic N) is 2. The molecule has 342 valence electrons. The van der Waals surface area contributed by atoms with Crippen molar-refractivity contribution in [1.82, 2.24) is 0 Å². The first-order chi connectivity index (χ1) is 36.2. The maximum atomic E-state index is 7.14. The summed E-state index contributed by atoms with van der Waals surface area (Å²) < 4.78 is 7.14. The summed E-state index contributed by atoms with van der Waals surface area (Å²) in [5, 5.41) is 11.6. The van der Waals surface area contributed by atoms with E-state index in [1.807, 2.05) is 0 Å². The number of furan rings is 1. The highest BCUT2D eigenvalue weighted by atomic mass is 16.3. The Morgan fingerprint density at radius 1 is 0.247 bits per heavy atom. The van der Waals surface area contributed by atoms with E-state index in [9.17, 15) is 0 Å². The number of benzene rings is 13. The molecule has 0 atom stereocenters. The van der Waals surface area contributed by atoms with E-state index in [4.69, 9.17) is 4.42 Å². The summed E-state index contributed by atoms with van der Waals surface area (Å²) >= 11 is 0. The molecule has 1 aromatic heterocycles. The Balaban J connectivity index is 0.972. The number of fused-ring (bicyclic) bond motifs is 9. The minimum Gasteiger partial charge on any atom is -0.454 e. The van der Waals surface area contributed by atoms with Crippen LogP contribution in [0, 0.1) is 0 Å². The molecule has 0 saturated heterocycles. The SMILES string of the molecule is c1ccc(-c2ccc(N(c3ccccc3)c3ccc(-c4ccc(N(c5ccc(-c6ccccc6)cc5)c5cc6ccccc6c6c5oc5ccc7ccccc7c56)c5ccccc45)c4ccccc34)cc2)cc1. The van der Waals surface area contributed by atoms with Crippen molar-refractivity contribution in [2.75, 3.05) is 9.80 Å². The molecular formula is C70H46N2O. The van der Waals surface area contributed by atoms with Gasteiger partial charge in [0.1, 0.15) is 5.58 Å². The number of anilines is 6. The van der Waals surface area contributed by atoms with Gasteiger partial charge in [-0.2, -0.15) is 0 Å². The van der Waals surface area contributed by atoms with Crippen molar-refractivity contribution in [3.63, 3.8) is 0 Å². The Morgan fingerprint density at radius 2 is 0.658 bits per heavy atom. The van der Waals surface area contributed by atoms with E-state index in [-0.39, 0.29) is 0 Å². The van der Waals surface area contributed by atoms with Crippen molar-refractivity contribution in [3.05, 3.63) is 279 Å². The summed E-state index contributed by atoms with van der Waals surface area (Å²) in [4.78, 5) is 4.80. The van der Waals surface area contributed by atoms with Crippen LogP contribution in [-0.2, 0) is 0 Å². The molecule has 1 heterocycles. The number of hydrogen-bond acceptors (Lipinski definition) is 3. The third-order valence-corrected chi connectivity index (χ3v) is 14.6. The molecule has 0 amide bonds. The van der Waals surface area contributed by atoms with Crippen LogP contribution in [0.15, 0.2) is 283 Å². The second-order valence-electron chi connectivity index (χ2n) is 18.8. The summed E-state index contributed by atoms with van der Waals surface area (Å²) in [5.74, 6) is 0. The lowest BCUT2D eigenvalue weighted by Crippen LogP contribution is -2.11. The first-order valence-electron chi connectivity index (χ1n) is 25.0. The summed E-state index contributed by atoms with van der Waals surface area (Å²) in [7, 11) is 0. The van der Waals surface area contributed by atoms with Crippen LogP contribution in [0.25, 0.3) is 98.4 Å². The Labute approximate surface area is 423 Å². The van der Waals surface area contributed by atoms with Gasteiger partial charge in [0.25, 0.3) is 0 Å². The fourth-order valence-corrected chi connectivity index (χ4v) is 11.2. The Hall–Kier alpha value is -9.70. The van der Waals surface area contributed by atoms with Gasteiger partial charge in [0, 0.05) is 38.6 Å². The second-order valence-corrected chi connectivity index (χ2v) is 18.8. The van der Waals surface area contributed by atoms with Crippen LogP contribution < -0.4 is 9.80 Å². The smallest absolute Gasteiger partial charge is 0.160 e. The van der Waals surface area contributed by atoms with E-state index in [1.165, 1.54) is 54.7 Å². The molecule has 0 aliphatic rings. The van der Waals surface area contributed by atoms with E-state index < -0.39 is 0 Å². The van der Waals surface area contributed by atoms with Crippen molar-refractivity contribution in [3.8, 4) is 33.4 Å². The molecule has 14 rings (SSSR count). The average Bonchev–Trinajstić information content (AvgIpc) is 3.88. The van der Waals surface area contributed by atoms with Crippen molar-refractivity contribution < 1.29 is 4.42 Å². The molecule has 3 nitrogen and oxygen atoms in total. The van der Waals surface area contributed by atoms with Crippen LogP contribution in [0.5, 0.6) is 0 Å². The van der Waals surface area contributed by atoms with Crippen LogP contribution in [0.3, 0.4) is 0 Å². The highest BCUT2D eigenvalue weighted by molar-refractivity contribution is 6.29. The quantitative estimate of drug-likeness (QED) is 0.144. The molecule has 0 fully saturated rings. The first kappa shape index (κ1) is 42.2. The van der Waals surface area contributed by atoms with Gasteiger partial charge in [-0.1, -0.05) is 218 Å². The average molecular weight is 931 g/mol. The maximum Gasteiger partial charge on any atom is 0.160 e. The third-order valence-electron chi connectivity index (χ3n) is 14.6. The molecule has 0 aliphatic heterocycles. The van der Waals surface area contributed by atoms with E-state index in [2.05, 4.69) is 289 Å². The van der Waals surface area contributed by atoms with E-state index >= 15 is 0 Å². The molecule has 0 unspecified atom stereocenters. The predicted molar refractivity (Wildman–Crippen MR) is 309 cm³/mol. The number of hydrogen-bond donors (Lipinski definition) is 0. The predicted octanol–water partition coefficient (Wildman–Crippen LogP) is 20.1. The van der Waals surface area contributed by atoms with Gasteiger partial charge in [-0.25, -0.2) is 0 Å². The summed E-state index contributed by atoms with van der Waals surface area (Å²) in [5.41, 5.74) is 15.2. The lowest BCUT2D eigenvalue weighted by Gasteiger charge is -2.29. The zero-order valence-electron chi connectivity index (χ0n) is 39.9. The molecule has 73 heavy (non-hydrogen) atoms. The molecule has 14 aromatic rings. The Kier molecular flexibility index (Phi) is 10.2. The van der Waals surface area contributed by atoms with Crippen molar-refractivity contribution in [1.29, 1.82) is 0 Å². The fourth-order valence-electron chi connectivity index (χ4n) is 11.2. The van der Waals surface area contributed by atoms with Crippen LogP contribution in [-0.4, -0.2) is 0 Å². The number of rotatable bonds is 9. The fraction of sp³-hybridized carbons (Fsp3) is 0. The molecule has 13 aromatic carbocycles. The van der Waals surface area contributed by atoms with E-state index in [0.29, 0.717) is 0 Å². The van der Waals surface area contributed by atoms with E-state index in [0.717, 1.165) is 77.8 Å². The van der Waals surface area contributed by atoms with Gasteiger partial charge in [-0.3, -0.25) is 0 Å². The van der Waals surface area contributed by atoms with Crippen molar-refractivity contribution in [2.24, 2.45) is 0 Å². The van der Waals surface area contributed by atoms with Gasteiger partial charge >= 0.3 is 0 Å². The topological polar surface area (TPSA) is 19.6 Å². The summed E-state index contributed by atoms with van der Waals surface area (Å²) in [6, 6.07) is 101. The molecular weight excluding hydrogens is 885 g/mol. The third kappa shape index (κ3) is 7.21. The standard InChI is InChI=1S/C70H46N2O/c1-4-18-47(19-5-1)49-32-37-54(38-33-49)71(53-24-8-3-9-25-53)64-43-41-60(58-28-14-16-30-62(58)64)61-42-44-65(63-31-17-15-29-59(61)63)72(55-39-34-50(35-40-55)48-20-6-2-7-21-48)66-46-52-23-11-13-27-57(52)69-68-56-26-12-10-22-51(56)36-45-67(68)73-70(66)69/h1-46H. The normalized spacial score (nSPS) is 11.6. The van der Waals surface area contributed by atoms with Gasteiger partial charge in [0.15, 0.2) is 5.58 Å².